The van der Waals surface area contributed by atoms with E-state index in [2.05, 4.69) is 0 Å². The zero-order chi connectivity index (χ0) is 47.6. The van der Waals surface area contributed by atoms with Crippen molar-refractivity contribution in [3.05, 3.63) is 50.7 Å². The lowest BCUT2D eigenvalue weighted by Crippen LogP contribution is -2.63. The molecule has 23 nitrogen and oxygen atoms in total. The Labute approximate surface area is 364 Å². The van der Waals surface area contributed by atoms with Crippen molar-refractivity contribution < 1.29 is 99.2 Å². The first-order chi connectivity index (χ1) is 30.8. The first kappa shape index (κ1) is 46.6. The van der Waals surface area contributed by atoms with Gasteiger partial charge in [-0.05, 0) is 24.3 Å². The lowest BCUT2D eigenvalue weighted by atomic mass is 9.97. The van der Waals surface area contributed by atoms with Crippen LogP contribution in [0.4, 0.5) is 0 Å². The van der Waals surface area contributed by atoms with Crippen LogP contribution in [0.5, 0.6) is 40.2 Å². The Bertz CT molecular complexity index is 2830. The number of carbonyl (C=O) groups excluding carboxylic acids is 7. The molecule has 23 heteroatoms. The van der Waals surface area contributed by atoms with Crippen molar-refractivity contribution in [2.24, 2.45) is 0 Å². The molecule has 1 aliphatic heterocycles. The highest BCUT2D eigenvalue weighted by molar-refractivity contribution is 6.22. The van der Waals surface area contributed by atoms with Gasteiger partial charge in [0, 0.05) is 52.3 Å². The van der Waals surface area contributed by atoms with Crippen LogP contribution in [0.25, 0.3) is 32.7 Å². The second kappa shape index (κ2) is 18.8. The van der Waals surface area contributed by atoms with Gasteiger partial charge in [-0.1, -0.05) is 0 Å². The van der Waals surface area contributed by atoms with Gasteiger partial charge in [-0.15, -0.1) is 0 Å². The van der Waals surface area contributed by atoms with E-state index in [9.17, 15) is 43.2 Å². The zero-order valence-corrected chi connectivity index (χ0v) is 35.8. The van der Waals surface area contributed by atoms with E-state index in [-0.39, 0.29) is 50.0 Å². The van der Waals surface area contributed by atoms with Crippen LogP contribution in [-0.4, -0.2) is 100 Å². The Morgan fingerprint density at radius 2 is 1.02 bits per heavy atom. The van der Waals surface area contributed by atoms with Gasteiger partial charge >= 0.3 is 53.0 Å². The van der Waals surface area contributed by atoms with E-state index in [1.807, 2.05) is 0 Å². The molecular formula is C42H38O23. The fraction of sp³-hybridized carbons (Fsp3) is 0.357. The SMILES string of the molecule is COc1cc2c(=O)oc3c(OC)c(OC4OC(COC(C)=O)C(OC(C)=O)C(OC(=O)c5cc(OC(C)=O)c(OC(C)=O)c(OC(C)=O)c5)C4OC(C)=O)cc4c(=O)oc(c1OC)c2c34. The number of esters is 7. The number of hydrogen-bond donors (Lipinski definition) is 0. The lowest BCUT2D eigenvalue weighted by molar-refractivity contribution is -0.285. The van der Waals surface area contributed by atoms with Gasteiger partial charge in [0.25, 0.3) is 0 Å². The van der Waals surface area contributed by atoms with Crippen LogP contribution < -0.4 is 44.4 Å². The van der Waals surface area contributed by atoms with Gasteiger partial charge in [0.2, 0.25) is 29.6 Å². The van der Waals surface area contributed by atoms with Gasteiger partial charge in [-0.25, -0.2) is 14.4 Å². The molecule has 0 N–H and O–H groups in total. The molecule has 1 fully saturated rings. The van der Waals surface area contributed by atoms with Crippen molar-refractivity contribution in [2.75, 3.05) is 27.9 Å². The number of rotatable bonds is 14. The molecule has 1 aliphatic rings. The van der Waals surface area contributed by atoms with E-state index in [1.165, 1.54) is 27.4 Å². The molecule has 0 bridgehead atoms. The molecule has 5 atom stereocenters. The van der Waals surface area contributed by atoms with E-state index < -0.39 is 119 Å². The molecule has 3 heterocycles. The van der Waals surface area contributed by atoms with E-state index in [4.69, 9.17) is 65.7 Å². The van der Waals surface area contributed by atoms with Gasteiger partial charge in [0.05, 0.1) is 37.7 Å². The zero-order valence-electron chi connectivity index (χ0n) is 35.8. The van der Waals surface area contributed by atoms with Crippen molar-refractivity contribution >= 4 is 74.5 Å². The number of benzene rings is 3. The second-order valence-corrected chi connectivity index (χ2v) is 13.9. The van der Waals surface area contributed by atoms with Crippen molar-refractivity contribution in [1.82, 2.24) is 0 Å². The average Bonchev–Trinajstić information content (AvgIpc) is 3.21. The van der Waals surface area contributed by atoms with Gasteiger partial charge in [-0.3, -0.25) is 28.8 Å². The fourth-order valence-corrected chi connectivity index (χ4v) is 6.98. The summed E-state index contributed by atoms with van der Waals surface area (Å²) >= 11 is 0. The molecular weight excluding hydrogens is 872 g/mol. The largest absolute Gasteiger partial charge is 0.493 e. The molecule has 0 radical (unpaired) electrons. The van der Waals surface area contributed by atoms with Crippen molar-refractivity contribution in [1.29, 1.82) is 0 Å². The van der Waals surface area contributed by atoms with Crippen LogP contribution in [0, 0.1) is 0 Å². The molecule has 2 aromatic heterocycles. The summed E-state index contributed by atoms with van der Waals surface area (Å²) in [6.07, 6.45) is -9.23. The van der Waals surface area contributed by atoms with Crippen LogP contribution in [0.3, 0.4) is 0 Å². The first-order valence-electron chi connectivity index (χ1n) is 19.0. The Morgan fingerprint density at radius 1 is 0.523 bits per heavy atom. The summed E-state index contributed by atoms with van der Waals surface area (Å²) in [4.78, 5) is 115. The maximum atomic E-state index is 14.2. The number of hydrogen-bond acceptors (Lipinski definition) is 23. The third-order valence-electron chi connectivity index (χ3n) is 9.25. The first-order valence-corrected chi connectivity index (χ1v) is 19.0. The number of methoxy groups -OCH3 is 3. The molecule has 0 amide bonds. The number of carbonyl (C=O) groups is 7. The highest BCUT2D eigenvalue weighted by Gasteiger charge is 2.54. The molecule has 6 rings (SSSR count). The second-order valence-electron chi connectivity index (χ2n) is 13.9. The Kier molecular flexibility index (Phi) is 13.5. The van der Waals surface area contributed by atoms with E-state index in [1.54, 1.807) is 0 Å². The third kappa shape index (κ3) is 9.53. The summed E-state index contributed by atoms with van der Waals surface area (Å²) in [5.74, 6) is -9.51. The molecule has 5 unspecified atom stereocenters. The van der Waals surface area contributed by atoms with Gasteiger partial charge in [0.15, 0.2) is 46.4 Å². The Balaban J connectivity index is 1.54. The normalized spacial score (nSPS) is 18.0. The van der Waals surface area contributed by atoms with Crippen LogP contribution in [-0.2, 0) is 52.5 Å². The molecule has 5 aromatic rings. The third-order valence-corrected chi connectivity index (χ3v) is 9.25. The monoisotopic (exact) mass is 910 g/mol. The van der Waals surface area contributed by atoms with Crippen LogP contribution >= 0.6 is 0 Å². The molecule has 0 saturated carbocycles. The predicted molar refractivity (Wildman–Crippen MR) is 213 cm³/mol. The molecule has 0 spiro atoms. The lowest BCUT2D eigenvalue weighted by Gasteiger charge is -2.44. The van der Waals surface area contributed by atoms with E-state index in [0.717, 1.165) is 59.7 Å². The summed E-state index contributed by atoms with van der Waals surface area (Å²) < 4.78 is 77.9. The van der Waals surface area contributed by atoms with E-state index in [0.29, 0.717) is 0 Å². The van der Waals surface area contributed by atoms with Crippen LogP contribution in [0.2, 0.25) is 0 Å². The highest BCUT2D eigenvalue weighted by atomic mass is 16.7. The van der Waals surface area contributed by atoms with Crippen molar-refractivity contribution in [3.8, 4) is 40.2 Å². The average molecular weight is 911 g/mol. The van der Waals surface area contributed by atoms with E-state index >= 15 is 0 Å². The van der Waals surface area contributed by atoms with Gasteiger partial charge in [0.1, 0.15) is 12.7 Å². The summed E-state index contributed by atoms with van der Waals surface area (Å²) in [5.41, 5.74) is -2.96. The van der Waals surface area contributed by atoms with Crippen molar-refractivity contribution in [2.45, 2.75) is 72.2 Å². The minimum Gasteiger partial charge on any atom is -0.493 e. The summed E-state index contributed by atoms with van der Waals surface area (Å²) in [6.45, 7) is 5.25. The molecule has 3 aromatic carbocycles. The summed E-state index contributed by atoms with van der Waals surface area (Å²) in [7, 11) is 3.77. The summed E-state index contributed by atoms with van der Waals surface area (Å²) in [5, 5.41) is -0.166. The van der Waals surface area contributed by atoms with Gasteiger partial charge in [-0.2, -0.15) is 0 Å². The minimum atomic E-state index is -1.96. The highest BCUT2D eigenvalue weighted by Crippen LogP contribution is 2.47. The molecule has 65 heavy (non-hydrogen) atoms. The topological polar surface area (TPSA) is 291 Å². The van der Waals surface area contributed by atoms with Crippen LogP contribution in [0.1, 0.15) is 51.9 Å². The minimum absolute atomic E-state index is 0.0164. The number of ether oxygens (including phenoxy) is 12. The smallest absolute Gasteiger partial charge is 0.344 e. The maximum absolute atomic E-state index is 14.2. The molecule has 1 saturated heterocycles. The predicted octanol–water partition coefficient (Wildman–Crippen LogP) is 3.05. The summed E-state index contributed by atoms with van der Waals surface area (Å²) in [6, 6.07) is 4.24. The van der Waals surface area contributed by atoms with Crippen LogP contribution in [0.15, 0.2) is 42.7 Å². The standard InChI is InChI=1S/C42H38O23/c1-15(43)55-14-28-34(59-19(5)47)37(65-39(49)21-10-25(56-16(2)44)31(58-18(4)46)26(11-21)57-17(3)45)38(60-20(6)48)42(62-28)61-27-13-23-30-29-22(40(50)64-36(30)33(27)54-9)12-24(52-7)32(53-8)35(29)63-41(23)51/h10-13,28,34,37-38,42H,14H2,1-9H3. The van der Waals surface area contributed by atoms with Gasteiger partial charge < -0.3 is 65.7 Å². The Hall–Kier alpha value is -7.95. The molecule has 344 valence electrons. The molecule has 0 aliphatic carbocycles. The maximum Gasteiger partial charge on any atom is 0.344 e. The quantitative estimate of drug-likeness (QED) is 0.0508. The van der Waals surface area contributed by atoms with Crippen molar-refractivity contribution in [3.63, 3.8) is 0 Å². The Morgan fingerprint density at radius 3 is 1.48 bits per heavy atom. The fourth-order valence-electron chi connectivity index (χ4n) is 6.98.